The van der Waals surface area contributed by atoms with Crippen LogP contribution in [0.3, 0.4) is 0 Å². The van der Waals surface area contributed by atoms with Crippen LogP contribution in [0.4, 0.5) is 0 Å². The van der Waals surface area contributed by atoms with Crippen LogP contribution in [-0.4, -0.2) is 13.1 Å². The zero-order chi connectivity index (χ0) is 10.5. The lowest BCUT2D eigenvalue weighted by Gasteiger charge is -2.07. The molecule has 1 nitrogen and oxygen atoms in total. The normalized spacial score (nSPS) is 15.1. The van der Waals surface area contributed by atoms with Gasteiger partial charge in [-0.2, -0.15) is 0 Å². The van der Waals surface area contributed by atoms with Crippen molar-refractivity contribution in [3.8, 4) is 11.8 Å². The molecule has 0 fully saturated rings. The molecule has 15 heavy (non-hydrogen) atoms. The predicted molar refractivity (Wildman–Crippen MR) is 63.9 cm³/mol. The molecule has 1 heterocycles. The minimum Gasteiger partial charge on any atom is -0.313 e. The fourth-order valence-electron chi connectivity index (χ4n) is 1.42. The maximum Gasteiger partial charge on any atom is 0.0406 e. The smallest absolute Gasteiger partial charge is 0.0406 e. The van der Waals surface area contributed by atoms with Crippen LogP contribution in [0.2, 0.25) is 5.02 Å². The standard InChI is InChI=1S/C13H12ClN/c14-13-5-3-11(4-6-13)1-2-12-7-9-15-10-8-12/h3-7,15H,8-10H2. The first kappa shape index (κ1) is 10.3. The summed E-state index contributed by atoms with van der Waals surface area (Å²) < 4.78 is 0. The Balaban J connectivity index is 2.10. The molecular formula is C13H12ClN. The van der Waals surface area contributed by atoms with Gasteiger partial charge in [-0.05, 0) is 30.7 Å². The average molecular weight is 218 g/mol. The van der Waals surface area contributed by atoms with Gasteiger partial charge in [0.05, 0.1) is 0 Å². The highest BCUT2D eigenvalue weighted by Gasteiger charge is 1.98. The van der Waals surface area contributed by atoms with Crippen molar-refractivity contribution in [3.63, 3.8) is 0 Å². The van der Waals surface area contributed by atoms with Crippen LogP contribution in [0.15, 0.2) is 35.9 Å². The molecule has 0 aromatic heterocycles. The summed E-state index contributed by atoms with van der Waals surface area (Å²) in [6.07, 6.45) is 3.17. The number of rotatable bonds is 0. The van der Waals surface area contributed by atoms with Gasteiger partial charge in [-0.25, -0.2) is 0 Å². The van der Waals surface area contributed by atoms with E-state index in [-0.39, 0.29) is 0 Å². The zero-order valence-corrected chi connectivity index (χ0v) is 9.14. The van der Waals surface area contributed by atoms with Crippen molar-refractivity contribution >= 4 is 11.6 Å². The summed E-state index contributed by atoms with van der Waals surface area (Å²) in [5.41, 5.74) is 2.24. The van der Waals surface area contributed by atoms with Crippen molar-refractivity contribution in [2.45, 2.75) is 6.42 Å². The van der Waals surface area contributed by atoms with E-state index in [4.69, 9.17) is 11.6 Å². The molecule has 1 aliphatic rings. The SMILES string of the molecule is Clc1ccc(C#CC2=CCNCC2)cc1. The third-order valence-corrected chi connectivity index (χ3v) is 2.53. The number of hydrogen-bond donors (Lipinski definition) is 1. The summed E-state index contributed by atoms with van der Waals surface area (Å²) in [5.74, 6) is 6.32. The second-order valence-electron chi connectivity index (χ2n) is 3.44. The lowest BCUT2D eigenvalue weighted by molar-refractivity contribution is 0.715. The number of nitrogens with one attached hydrogen (secondary N) is 1. The zero-order valence-electron chi connectivity index (χ0n) is 8.39. The summed E-state index contributed by atoms with van der Waals surface area (Å²) in [6.45, 7) is 1.96. The van der Waals surface area contributed by atoms with Gasteiger partial charge in [0, 0.05) is 29.2 Å². The van der Waals surface area contributed by atoms with Crippen LogP contribution in [0, 0.1) is 11.8 Å². The summed E-state index contributed by atoms with van der Waals surface area (Å²) in [5, 5.41) is 4.01. The molecule has 1 N–H and O–H groups in total. The van der Waals surface area contributed by atoms with Crippen molar-refractivity contribution < 1.29 is 0 Å². The second-order valence-corrected chi connectivity index (χ2v) is 3.88. The molecule has 76 valence electrons. The monoisotopic (exact) mass is 217 g/mol. The van der Waals surface area contributed by atoms with E-state index in [0.29, 0.717) is 0 Å². The Hall–Kier alpha value is -1.23. The van der Waals surface area contributed by atoms with Crippen molar-refractivity contribution in [2.75, 3.05) is 13.1 Å². The molecule has 1 aliphatic heterocycles. The molecule has 1 aromatic carbocycles. The van der Waals surface area contributed by atoms with Crippen molar-refractivity contribution in [1.82, 2.24) is 5.32 Å². The maximum atomic E-state index is 5.79. The molecule has 0 saturated carbocycles. The van der Waals surface area contributed by atoms with Gasteiger partial charge < -0.3 is 5.32 Å². The largest absolute Gasteiger partial charge is 0.313 e. The van der Waals surface area contributed by atoms with E-state index < -0.39 is 0 Å². The fraction of sp³-hybridized carbons (Fsp3) is 0.231. The first-order chi connectivity index (χ1) is 7.34. The van der Waals surface area contributed by atoms with E-state index in [1.165, 1.54) is 5.57 Å². The Labute approximate surface area is 95.1 Å². The minimum atomic E-state index is 0.752. The molecule has 2 rings (SSSR count). The highest BCUT2D eigenvalue weighted by atomic mass is 35.5. The minimum absolute atomic E-state index is 0.752. The summed E-state index contributed by atoms with van der Waals surface area (Å²) in [6, 6.07) is 7.61. The molecule has 0 bridgehead atoms. The molecule has 1 aromatic rings. The average Bonchev–Trinajstić information content (AvgIpc) is 2.30. The molecule has 0 amide bonds. The van der Waals surface area contributed by atoms with E-state index >= 15 is 0 Å². The second kappa shape index (κ2) is 5.02. The number of hydrogen-bond acceptors (Lipinski definition) is 1. The molecule has 2 heteroatoms. The van der Waals surface area contributed by atoms with Crippen LogP contribution in [0.1, 0.15) is 12.0 Å². The lowest BCUT2D eigenvalue weighted by Crippen LogP contribution is -2.19. The molecule has 0 spiro atoms. The first-order valence-electron chi connectivity index (χ1n) is 5.02. The molecule has 0 radical (unpaired) electrons. The highest BCUT2D eigenvalue weighted by molar-refractivity contribution is 6.30. The van der Waals surface area contributed by atoms with E-state index in [2.05, 4.69) is 23.2 Å². The molecular weight excluding hydrogens is 206 g/mol. The quantitative estimate of drug-likeness (QED) is 0.659. The highest BCUT2D eigenvalue weighted by Crippen LogP contribution is 2.09. The van der Waals surface area contributed by atoms with Gasteiger partial charge in [-0.1, -0.05) is 29.5 Å². The van der Waals surface area contributed by atoms with Crippen LogP contribution in [0.5, 0.6) is 0 Å². The van der Waals surface area contributed by atoms with E-state index in [0.717, 1.165) is 30.1 Å². The van der Waals surface area contributed by atoms with Crippen molar-refractivity contribution in [2.24, 2.45) is 0 Å². The van der Waals surface area contributed by atoms with Crippen molar-refractivity contribution in [3.05, 3.63) is 46.5 Å². The van der Waals surface area contributed by atoms with Gasteiger partial charge in [-0.3, -0.25) is 0 Å². The number of benzene rings is 1. The van der Waals surface area contributed by atoms with Gasteiger partial charge in [0.25, 0.3) is 0 Å². The van der Waals surface area contributed by atoms with Crippen LogP contribution >= 0.6 is 11.6 Å². The molecule has 0 aliphatic carbocycles. The van der Waals surface area contributed by atoms with E-state index in [1.54, 1.807) is 0 Å². The lowest BCUT2D eigenvalue weighted by atomic mass is 10.1. The van der Waals surface area contributed by atoms with E-state index in [9.17, 15) is 0 Å². The van der Waals surface area contributed by atoms with Crippen LogP contribution < -0.4 is 5.32 Å². The molecule has 0 unspecified atom stereocenters. The Morgan fingerprint density at radius 3 is 2.60 bits per heavy atom. The van der Waals surface area contributed by atoms with Crippen LogP contribution in [0.25, 0.3) is 0 Å². The predicted octanol–water partition coefficient (Wildman–Crippen LogP) is 2.61. The Bertz CT molecular complexity index is 420. The third-order valence-electron chi connectivity index (χ3n) is 2.28. The first-order valence-corrected chi connectivity index (χ1v) is 5.40. The molecule has 0 saturated heterocycles. The van der Waals surface area contributed by atoms with Gasteiger partial charge in [-0.15, -0.1) is 0 Å². The number of halogens is 1. The Kier molecular flexibility index (Phi) is 3.45. The van der Waals surface area contributed by atoms with Gasteiger partial charge in [0.2, 0.25) is 0 Å². The molecule has 0 atom stereocenters. The Morgan fingerprint density at radius 1 is 1.13 bits per heavy atom. The topological polar surface area (TPSA) is 12.0 Å². The summed E-state index contributed by atoms with van der Waals surface area (Å²) >= 11 is 5.79. The third kappa shape index (κ3) is 3.13. The van der Waals surface area contributed by atoms with Crippen LogP contribution in [-0.2, 0) is 0 Å². The fourth-order valence-corrected chi connectivity index (χ4v) is 1.55. The van der Waals surface area contributed by atoms with Crippen molar-refractivity contribution in [1.29, 1.82) is 0 Å². The van der Waals surface area contributed by atoms with Gasteiger partial charge in [0.15, 0.2) is 0 Å². The maximum absolute atomic E-state index is 5.79. The summed E-state index contributed by atoms with van der Waals surface area (Å²) in [7, 11) is 0. The summed E-state index contributed by atoms with van der Waals surface area (Å²) in [4.78, 5) is 0. The van der Waals surface area contributed by atoms with Gasteiger partial charge in [0.1, 0.15) is 0 Å². The van der Waals surface area contributed by atoms with Gasteiger partial charge >= 0.3 is 0 Å². The Morgan fingerprint density at radius 2 is 1.93 bits per heavy atom. The van der Waals surface area contributed by atoms with E-state index in [1.807, 2.05) is 24.3 Å².